The van der Waals surface area contributed by atoms with Crippen molar-refractivity contribution >= 4 is 27.6 Å². The molecule has 1 saturated heterocycles. The summed E-state index contributed by atoms with van der Waals surface area (Å²) < 4.78 is 12.7. The zero-order valence-corrected chi connectivity index (χ0v) is 18.5. The molecule has 0 N–H and O–H groups in total. The Hall–Kier alpha value is -2.79. The average molecular weight is 466 g/mol. The summed E-state index contributed by atoms with van der Waals surface area (Å²) in [6, 6.07) is 21.0. The lowest BCUT2D eigenvalue weighted by Crippen LogP contribution is -2.22. The molecule has 1 aliphatic rings. The first-order valence-electron chi connectivity index (χ1n) is 10.2. The number of hydrogen-bond donors (Lipinski definition) is 0. The molecule has 1 aliphatic heterocycles. The van der Waals surface area contributed by atoms with Crippen LogP contribution in [0, 0.1) is 6.92 Å². The van der Waals surface area contributed by atoms with Crippen LogP contribution in [0.25, 0.3) is 0 Å². The van der Waals surface area contributed by atoms with E-state index in [0.29, 0.717) is 23.7 Å². The predicted octanol–water partition coefficient (Wildman–Crippen LogP) is 6.16. The SMILES string of the molecule is Cc1c(C(=O)Oc2ccccc2)c(OCc2ccccc2)cc(Br)c1N1CCCC1. The number of para-hydroxylation sites is 1. The lowest BCUT2D eigenvalue weighted by Gasteiger charge is -2.25. The highest BCUT2D eigenvalue weighted by molar-refractivity contribution is 9.10. The largest absolute Gasteiger partial charge is 0.488 e. The van der Waals surface area contributed by atoms with Crippen LogP contribution in [-0.4, -0.2) is 19.1 Å². The van der Waals surface area contributed by atoms with Crippen LogP contribution in [0.5, 0.6) is 11.5 Å². The van der Waals surface area contributed by atoms with Gasteiger partial charge in [-0.2, -0.15) is 0 Å². The van der Waals surface area contributed by atoms with E-state index < -0.39 is 5.97 Å². The number of carbonyl (C=O) groups excluding carboxylic acids is 1. The standard InChI is InChI=1S/C25H24BrNO3/c1-18-23(25(28)30-20-12-6-3-7-13-20)22(29-17-19-10-4-2-5-11-19)16-21(26)24(18)27-14-8-9-15-27/h2-7,10-13,16H,8-9,14-15,17H2,1H3. The summed E-state index contributed by atoms with van der Waals surface area (Å²) >= 11 is 3.71. The molecule has 0 saturated carbocycles. The molecule has 0 unspecified atom stereocenters. The van der Waals surface area contributed by atoms with E-state index in [4.69, 9.17) is 9.47 Å². The predicted molar refractivity (Wildman–Crippen MR) is 123 cm³/mol. The van der Waals surface area contributed by atoms with Crippen LogP contribution in [0.1, 0.15) is 34.3 Å². The number of carbonyl (C=O) groups is 1. The topological polar surface area (TPSA) is 38.8 Å². The third kappa shape index (κ3) is 4.51. The minimum Gasteiger partial charge on any atom is -0.488 e. The fourth-order valence-electron chi connectivity index (χ4n) is 3.82. The number of esters is 1. The molecule has 1 fully saturated rings. The molecule has 0 atom stereocenters. The second-order valence-corrected chi connectivity index (χ2v) is 8.23. The third-order valence-corrected chi connectivity index (χ3v) is 5.88. The Labute approximate surface area is 185 Å². The molecule has 0 aliphatic carbocycles. The number of ether oxygens (including phenoxy) is 2. The molecular weight excluding hydrogens is 442 g/mol. The van der Waals surface area contributed by atoms with Gasteiger partial charge in [0.1, 0.15) is 23.7 Å². The summed E-state index contributed by atoms with van der Waals surface area (Å²) in [5, 5.41) is 0. The van der Waals surface area contributed by atoms with Crippen LogP contribution < -0.4 is 14.4 Å². The van der Waals surface area contributed by atoms with Gasteiger partial charge in [0.15, 0.2) is 0 Å². The van der Waals surface area contributed by atoms with Gasteiger partial charge in [0, 0.05) is 17.6 Å². The summed E-state index contributed by atoms with van der Waals surface area (Å²) in [4.78, 5) is 15.5. The lowest BCUT2D eigenvalue weighted by molar-refractivity contribution is 0.0729. The maximum absolute atomic E-state index is 13.2. The van der Waals surface area contributed by atoms with E-state index in [1.807, 2.05) is 61.5 Å². The number of anilines is 1. The first-order valence-corrected chi connectivity index (χ1v) is 10.9. The molecule has 5 heteroatoms. The van der Waals surface area contributed by atoms with E-state index in [2.05, 4.69) is 20.8 Å². The Balaban J connectivity index is 1.70. The van der Waals surface area contributed by atoms with Gasteiger partial charge in [-0.05, 0) is 65.0 Å². The maximum Gasteiger partial charge on any atom is 0.347 e. The quantitative estimate of drug-likeness (QED) is 0.322. The fourth-order valence-corrected chi connectivity index (χ4v) is 4.57. The molecule has 3 aromatic carbocycles. The zero-order valence-electron chi connectivity index (χ0n) is 16.9. The Bertz CT molecular complexity index is 1020. The Morgan fingerprint density at radius 1 is 1.00 bits per heavy atom. The summed E-state index contributed by atoms with van der Waals surface area (Å²) in [6.45, 7) is 4.31. The van der Waals surface area contributed by atoms with Gasteiger partial charge >= 0.3 is 5.97 Å². The van der Waals surface area contributed by atoms with E-state index >= 15 is 0 Å². The third-order valence-electron chi connectivity index (χ3n) is 5.28. The van der Waals surface area contributed by atoms with Gasteiger partial charge in [-0.25, -0.2) is 4.79 Å². The molecular formula is C25H24BrNO3. The molecule has 4 nitrogen and oxygen atoms in total. The van der Waals surface area contributed by atoms with Crippen molar-refractivity contribution in [3.8, 4) is 11.5 Å². The molecule has 0 spiro atoms. The highest BCUT2D eigenvalue weighted by atomic mass is 79.9. The summed E-state index contributed by atoms with van der Waals surface area (Å²) in [5.74, 6) is 0.628. The molecule has 4 rings (SSSR count). The van der Waals surface area contributed by atoms with Crippen molar-refractivity contribution in [3.63, 3.8) is 0 Å². The van der Waals surface area contributed by atoms with Crippen molar-refractivity contribution in [1.82, 2.24) is 0 Å². The number of nitrogens with zero attached hydrogens (tertiary/aromatic N) is 1. The van der Waals surface area contributed by atoms with Gasteiger partial charge in [0.25, 0.3) is 0 Å². The monoisotopic (exact) mass is 465 g/mol. The van der Waals surface area contributed by atoms with Gasteiger partial charge in [0.2, 0.25) is 0 Å². The van der Waals surface area contributed by atoms with Crippen LogP contribution >= 0.6 is 15.9 Å². The zero-order chi connectivity index (χ0) is 20.9. The molecule has 0 radical (unpaired) electrons. The van der Waals surface area contributed by atoms with Gasteiger partial charge < -0.3 is 14.4 Å². The summed E-state index contributed by atoms with van der Waals surface area (Å²) in [6.07, 6.45) is 2.31. The van der Waals surface area contributed by atoms with E-state index in [1.165, 1.54) is 0 Å². The first kappa shape index (κ1) is 20.5. The number of hydrogen-bond acceptors (Lipinski definition) is 4. The summed E-state index contributed by atoms with van der Waals surface area (Å²) in [7, 11) is 0. The molecule has 0 aromatic heterocycles. The molecule has 1 heterocycles. The normalized spacial score (nSPS) is 13.3. The molecule has 0 amide bonds. The maximum atomic E-state index is 13.2. The molecule has 3 aromatic rings. The van der Waals surface area contributed by atoms with Gasteiger partial charge in [-0.1, -0.05) is 48.5 Å². The van der Waals surface area contributed by atoms with Gasteiger partial charge in [-0.3, -0.25) is 0 Å². The van der Waals surface area contributed by atoms with Gasteiger partial charge in [0.05, 0.1) is 5.69 Å². The van der Waals surface area contributed by atoms with Crippen molar-refractivity contribution in [3.05, 3.63) is 87.9 Å². The number of halogens is 1. The smallest absolute Gasteiger partial charge is 0.347 e. The Kier molecular flexibility index (Phi) is 6.38. The Morgan fingerprint density at radius 2 is 1.63 bits per heavy atom. The second kappa shape index (κ2) is 9.35. The fraction of sp³-hybridized carbons (Fsp3) is 0.240. The van der Waals surface area contributed by atoms with Crippen molar-refractivity contribution < 1.29 is 14.3 Å². The average Bonchev–Trinajstić information content (AvgIpc) is 3.27. The summed E-state index contributed by atoms with van der Waals surface area (Å²) in [5.41, 5.74) is 3.42. The molecule has 0 bridgehead atoms. The first-order chi connectivity index (χ1) is 14.6. The van der Waals surface area contributed by atoms with E-state index in [-0.39, 0.29) is 0 Å². The minimum absolute atomic E-state index is 0.376. The number of rotatable bonds is 6. The van der Waals surface area contributed by atoms with Crippen LogP contribution in [0.4, 0.5) is 5.69 Å². The van der Waals surface area contributed by atoms with Gasteiger partial charge in [-0.15, -0.1) is 0 Å². The minimum atomic E-state index is -0.408. The number of benzene rings is 3. The Morgan fingerprint density at radius 3 is 2.30 bits per heavy atom. The van der Waals surface area contributed by atoms with Crippen LogP contribution in [0.15, 0.2) is 71.2 Å². The van der Waals surface area contributed by atoms with Crippen molar-refractivity contribution in [2.24, 2.45) is 0 Å². The second-order valence-electron chi connectivity index (χ2n) is 7.38. The van der Waals surface area contributed by atoms with Crippen LogP contribution in [0.2, 0.25) is 0 Å². The van der Waals surface area contributed by atoms with Crippen molar-refractivity contribution in [1.29, 1.82) is 0 Å². The van der Waals surface area contributed by atoms with Crippen molar-refractivity contribution in [2.45, 2.75) is 26.4 Å². The van der Waals surface area contributed by atoms with Crippen molar-refractivity contribution in [2.75, 3.05) is 18.0 Å². The highest BCUT2D eigenvalue weighted by Crippen LogP contribution is 2.40. The van der Waals surface area contributed by atoms with Crippen LogP contribution in [-0.2, 0) is 6.61 Å². The molecule has 154 valence electrons. The molecule has 30 heavy (non-hydrogen) atoms. The van der Waals surface area contributed by atoms with E-state index in [9.17, 15) is 4.79 Å². The van der Waals surface area contributed by atoms with E-state index in [0.717, 1.165) is 47.2 Å². The van der Waals surface area contributed by atoms with Crippen LogP contribution in [0.3, 0.4) is 0 Å². The van der Waals surface area contributed by atoms with E-state index in [1.54, 1.807) is 12.1 Å². The lowest BCUT2D eigenvalue weighted by atomic mass is 10.0. The highest BCUT2D eigenvalue weighted by Gasteiger charge is 2.26.